The summed E-state index contributed by atoms with van der Waals surface area (Å²) in [5, 5.41) is 11.7. The zero-order valence-corrected chi connectivity index (χ0v) is 17.6. The van der Waals surface area contributed by atoms with Crippen LogP contribution in [0.5, 0.6) is 0 Å². The lowest BCUT2D eigenvalue weighted by molar-refractivity contribution is 0.0947. The summed E-state index contributed by atoms with van der Waals surface area (Å²) in [6.45, 7) is 2.53. The first kappa shape index (κ1) is 20.7. The molecule has 0 saturated carbocycles. The van der Waals surface area contributed by atoms with Gasteiger partial charge in [0.25, 0.3) is 11.8 Å². The molecule has 0 bridgehead atoms. The lowest BCUT2D eigenvalue weighted by Crippen LogP contribution is -2.31. The molecule has 0 spiro atoms. The highest BCUT2D eigenvalue weighted by Crippen LogP contribution is 2.37. The monoisotopic (exact) mass is 429 g/mol. The van der Waals surface area contributed by atoms with Gasteiger partial charge >= 0.3 is 0 Å². The van der Waals surface area contributed by atoms with Crippen LogP contribution in [0.15, 0.2) is 76.5 Å². The van der Waals surface area contributed by atoms with Gasteiger partial charge in [0.1, 0.15) is 5.69 Å². The third kappa shape index (κ3) is 3.91. The first-order valence-electron chi connectivity index (χ1n) is 9.77. The van der Waals surface area contributed by atoms with Crippen LogP contribution in [0.4, 0.5) is 5.69 Å². The van der Waals surface area contributed by atoms with E-state index < -0.39 is 11.2 Å². The molecule has 0 aliphatic carbocycles. The number of hydrogen-bond donors (Lipinski definition) is 1. The lowest BCUT2D eigenvalue weighted by atomic mass is 10.1. The molecule has 154 valence electrons. The van der Waals surface area contributed by atoms with E-state index in [-0.39, 0.29) is 11.8 Å². The summed E-state index contributed by atoms with van der Waals surface area (Å²) >= 11 is -1.53. The molecule has 0 fully saturated rings. The Morgan fingerprint density at radius 1 is 1.10 bits per heavy atom. The number of carbonyl (C=O) groups excluding carboxylic acids is 2. The fourth-order valence-electron chi connectivity index (χ4n) is 3.50. The molecule has 7 heteroatoms. The number of hydrogen-bond acceptors (Lipinski definition) is 4. The number of anilines is 1. The second kappa shape index (κ2) is 8.64. The number of fused-ring (bicyclic) bond motifs is 2. The van der Waals surface area contributed by atoms with Crippen molar-refractivity contribution in [2.45, 2.75) is 23.3 Å². The molecule has 31 heavy (non-hydrogen) atoms. The minimum absolute atomic E-state index is 0.236. The van der Waals surface area contributed by atoms with Gasteiger partial charge < -0.3 is 14.8 Å². The summed E-state index contributed by atoms with van der Waals surface area (Å²) in [5.74, 6) is -0.538. The van der Waals surface area contributed by atoms with Gasteiger partial charge in [-0.05, 0) is 55.0 Å². The van der Waals surface area contributed by atoms with E-state index in [1.165, 1.54) is 0 Å². The van der Waals surface area contributed by atoms with Crippen molar-refractivity contribution in [3.63, 3.8) is 0 Å². The molecule has 0 aromatic heterocycles. The molecule has 0 radical (unpaired) electrons. The van der Waals surface area contributed by atoms with Gasteiger partial charge in [0.05, 0.1) is 17.2 Å². The summed E-state index contributed by atoms with van der Waals surface area (Å²) < 4.78 is 13.2. The Balaban J connectivity index is 1.62. The van der Waals surface area contributed by atoms with Crippen molar-refractivity contribution >= 4 is 28.7 Å². The highest BCUT2D eigenvalue weighted by Gasteiger charge is 2.35. The largest absolute Gasteiger partial charge is 0.606 e. The van der Waals surface area contributed by atoms with Crippen molar-refractivity contribution in [3.8, 4) is 6.07 Å². The summed E-state index contributed by atoms with van der Waals surface area (Å²) in [4.78, 5) is 28.4. The SMILES string of the molecule is CCN1C(=O)c2ccccc2[S@@+]([O-])c2ccc(C(=O)NCc3ccc(C#N)cc3)cc21. The number of carbonyl (C=O) groups is 2. The number of benzene rings is 3. The van der Waals surface area contributed by atoms with E-state index in [1.807, 2.05) is 6.92 Å². The summed E-state index contributed by atoms with van der Waals surface area (Å²) in [6.07, 6.45) is 0. The summed E-state index contributed by atoms with van der Waals surface area (Å²) in [7, 11) is 0. The number of nitrogens with zero attached hydrogens (tertiary/aromatic N) is 2. The average molecular weight is 430 g/mol. The van der Waals surface area contributed by atoms with E-state index in [1.54, 1.807) is 71.6 Å². The van der Waals surface area contributed by atoms with Crippen molar-refractivity contribution in [2.75, 3.05) is 11.4 Å². The second-order valence-electron chi connectivity index (χ2n) is 6.99. The van der Waals surface area contributed by atoms with Gasteiger partial charge in [-0.25, -0.2) is 0 Å². The Bertz CT molecular complexity index is 1200. The Morgan fingerprint density at radius 3 is 2.55 bits per heavy atom. The van der Waals surface area contributed by atoms with Gasteiger partial charge in [-0.2, -0.15) is 5.26 Å². The van der Waals surface area contributed by atoms with E-state index >= 15 is 0 Å². The molecule has 3 aromatic rings. The maximum atomic E-state index is 13.2. The van der Waals surface area contributed by atoms with Gasteiger partial charge in [0.15, 0.2) is 9.79 Å². The molecule has 1 atom stereocenters. The number of amides is 2. The maximum Gasteiger partial charge on any atom is 0.263 e. The molecular weight excluding hydrogens is 410 g/mol. The van der Waals surface area contributed by atoms with E-state index in [9.17, 15) is 14.1 Å². The molecule has 1 N–H and O–H groups in total. The third-order valence-corrected chi connectivity index (χ3v) is 6.63. The van der Waals surface area contributed by atoms with Crippen LogP contribution in [-0.4, -0.2) is 22.9 Å². The van der Waals surface area contributed by atoms with Crippen LogP contribution in [-0.2, 0) is 17.7 Å². The van der Waals surface area contributed by atoms with E-state index in [2.05, 4.69) is 11.4 Å². The molecule has 1 heterocycles. The van der Waals surface area contributed by atoms with E-state index in [0.29, 0.717) is 45.3 Å². The fourth-order valence-corrected chi connectivity index (χ4v) is 4.84. The summed E-state index contributed by atoms with van der Waals surface area (Å²) in [5.41, 5.74) is 2.68. The first-order valence-corrected chi connectivity index (χ1v) is 10.9. The standard InChI is InChI=1S/C24H19N3O3S/c1-2-27-20-13-18(23(28)26-15-17-9-7-16(14-25)8-10-17)11-12-22(20)31(30)21-6-4-3-5-19(21)24(27)29/h3-13H,2,15H2,1H3,(H,26,28)/t31-/m1/s1. The molecule has 0 saturated heterocycles. The maximum absolute atomic E-state index is 13.2. The number of nitriles is 1. The quantitative estimate of drug-likeness (QED) is 0.641. The second-order valence-corrected chi connectivity index (χ2v) is 8.41. The van der Waals surface area contributed by atoms with Crippen molar-refractivity contribution in [1.82, 2.24) is 5.32 Å². The minimum Gasteiger partial charge on any atom is -0.606 e. The first-order chi connectivity index (χ1) is 15.0. The fraction of sp³-hybridized carbons (Fsp3) is 0.125. The molecule has 4 rings (SSSR count). The van der Waals surface area contributed by atoms with Crippen LogP contribution in [0.1, 0.15) is 38.8 Å². The molecule has 1 aliphatic heterocycles. The van der Waals surface area contributed by atoms with Crippen LogP contribution >= 0.6 is 0 Å². The van der Waals surface area contributed by atoms with Crippen LogP contribution in [0, 0.1) is 11.3 Å². The molecule has 6 nitrogen and oxygen atoms in total. The van der Waals surface area contributed by atoms with Gasteiger partial charge in [0, 0.05) is 29.8 Å². The predicted molar refractivity (Wildman–Crippen MR) is 117 cm³/mol. The van der Waals surface area contributed by atoms with Gasteiger partial charge in [-0.1, -0.05) is 24.3 Å². The van der Waals surface area contributed by atoms with Crippen LogP contribution in [0.3, 0.4) is 0 Å². The van der Waals surface area contributed by atoms with Crippen molar-refractivity contribution in [2.24, 2.45) is 0 Å². The van der Waals surface area contributed by atoms with Crippen molar-refractivity contribution in [1.29, 1.82) is 5.26 Å². The Hall–Kier alpha value is -3.60. The molecule has 2 amide bonds. The van der Waals surface area contributed by atoms with Gasteiger partial charge in [-0.3, -0.25) is 9.59 Å². The van der Waals surface area contributed by atoms with E-state index in [0.717, 1.165) is 5.56 Å². The van der Waals surface area contributed by atoms with Crippen molar-refractivity contribution < 1.29 is 14.1 Å². The highest BCUT2D eigenvalue weighted by molar-refractivity contribution is 7.91. The molecule has 1 aliphatic rings. The average Bonchev–Trinajstić information content (AvgIpc) is 2.90. The Labute approximate surface area is 183 Å². The van der Waals surface area contributed by atoms with Crippen LogP contribution < -0.4 is 10.2 Å². The predicted octanol–water partition coefficient (Wildman–Crippen LogP) is 3.64. The van der Waals surface area contributed by atoms with E-state index in [4.69, 9.17) is 5.26 Å². The van der Waals surface area contributed by atoms with Crippen LogP contribution in [0.2, 0.25) is 0 Å². The highest BCUT2D eigenvalue weighted by atomic mass is 32.2. The molecular formula is C24H19N3O3S. The van der Waals surface area contributed by atoms with Gasteiger partial charge in [0.2, 0.25) is 0 Å². The van der Waals surface area contributed by atoms with Crippen LogP contribution in [0.25, 0.3) is 0 Å². The molecule has 3 aromatic carbocycles. The number of rotatable bonds is 4. The zero-order valence-electron chi connectivity index (χ0n) is 16.8. The smallest absolute Gasteiger partial charge is 0.263 e. The topological polar surface area (TPSA) is 96.3 Å². The van der Waals surface area contributed by atoms with Gasteiger partial charge in [-0.15, -0.1) is 0 Å². The zero-order chi connectivity index (χ0) is 22.0. The third-order valence-electron chi connectivity index (χ3n) is 5.13. The normalized spacial score (nSPS) is 14.8. The van der Waals surface area contributed by atoms with Crippen molar-refractivity contribution in [3.05, 3.63) is 89.0 Å². The Morgan fingerprint density at radius 2 is 1.84 bits per heavy atom. The molecule has 0 unspecified atom stereocenters. The number of nitrogens with one attached hydrogen (secondary N) is 1. The minimum atomic E-state index is -1.53. The Kier molecular flexibility index (Phi) is 5.76. The summed E-state index contributed by atoms with van der Waals surface area (Å²) in [6, 6.07) is 20.8. The lowest BCUT2D eigenvalue weighted by Gasteiger charge is -2.20.